The molecule has 2 heterocycles. The summed E-state index contributed by atoms with van der Waals surface area (Å²) < 4.78 is 2.71. The molecule has 1 atom stereocenters. The van der Waals surface area contributed by atoms with Crippen LogP contribution in [0.15, 0.2) is 34.6 Å². The van der Waals surface area contributed by atoms with Gasteiger partial charge < -0.3 is 5.32 Å². The van der Waals surface area contributed by atoms with Gasteiger partial charge in [0, 0.05) is 26.8 Å². The molecule has 5 nitrogen and oxygen atoms in total. The predicted molar refractivity (Wildman–Crippen MR) is 78.7 cm³/mol. The number of hydrogen-bond acceptors (Lipinski definition) is 4. The third-order valence-corrected chi connectivity index (χ3v) is 3.96. The summed E-state index contributed by atoms with van der Waals surface area (Å²) in [5.41, 5.74) is 0. The van der Waals surface area contributed by atoms with Crippen LogP contribution in [0.2, 0.25) is 0 Å². The quantitative estimate of drug-likeness (QED) is 0.849. The van der Waals surface area contributed by atoms with Crippen LogP contribution in [-0.2, 0) is 11.3 Å². The summed E-state index contributed by atoms with van der Waals surface area (Å²) in [6.07, 6.45) is 6.44. The van der Waals surface area contributed by atoms with E-state index in [-0.39, 0.29) is 11.9 Å². The highest BCUT2D eigenvalue weighted by Crippen LogP contribution is 2.20. The molecule has 0 saturated carbocycles. The van der Waals surface area contributed by atoms with Gasteiger partial charge >= 0.3 is 0 Å². The van der Waals surface area contributed by atoms with Crippen molar-refractivity contribution in [2.45, 2.75) is 19.5 Å². The van der Waals surface area contributed by atoms with Crippen LogP contribution in [0.4, 0.5) is 0 Å². The van der Waals surface area contributed by atoms with E-state index in [1.807, 2.05) is 18.4 Å². The molecule has 2 rings (SSSR count). The number of aromatic nitrogens is 3. The van der Waals surface area contributed by atoms with E-state index in [4.69, 9.17) is 0 Å². The van der Waals surface area contributed by atoms with Crippen molar-refractivity contribution in [2.24, 2.45) is 0 Å². The molecule has 0 bridgehead atoms. The second kappa shape index (κ2) is 6.63. The van der Waals surface area contributed by atoms with Gasteiger partial charge in [0.25, 0.3) is 0 Å². The van der Waals surface area contributed by atoms with Gasteiger partial charge in [0.15, 0.2) is 0 Å². The van der Waals surface area contributed by atoms with E-state index in [1.165, 1.54) is 12.4 Å². The molecule has 1 amide bonds. The first-order valence-corrected chi connectivity index (χ1v) is 7.36. The Morgan fingerprint density at radius 2 is 2.53 bits per heavy atom. The summed E-state index contributed by atoms with van der Waals surface area (Å²) in [5.74, 6) is -0.114. The first-order valence-electron chi connectivity index (χ1n) is 5.68. The van der Waals surface area contributed by atoms with Gasteiger partial charge in [0.1, 0.15) is 12.7 Å². The largest absolute Gasteiger partial charge is 0.348 e. The highest BCUT2D eigenvalue weighted by Gasteiger charge is 2.05. The summed E-state index contributed by atoms with van der Waals surface area (Å²) >= 11 is 4.95. The lowest BCUT2D eigenvalue weighted by molar-refractivity contribution is -0.117. The maximum Gasteiger partial charge on any atom is 0.244 e. The van der Waals surface area contributed by atoms with Crippen molar-refractivity contribution in [1.29, 1.82) is 0 Å². The first kappa shape index (κ1) is 14.0. The molecule has 0 aromatic carbocycles. The van der Waals surface area contributed by atoms with Crippen molar-refractivity contribution in [1.82, 2.24) is 20.1 Å². The van der Waals surface area contributed by atoms with Crippen LogP contribution >= 0.6 is 27.3 Å². The number of carbonyl (C=O) groups excluding carboxylic acids is 1. The lowest BCUT2D eigenvalue weighted by Crippen LogP contribution is -2.34. The van der Waals surface area contributed by atoms with E-state index >= 15 is 0 Å². The average Bonchev–Trinajstić information content (AvgIpc) is 2.98. The Kier molecular flexibility index (Phi) is 4.86. The fraction of sp³-hybridized carbons (Fsp3) is 0.250. The predicted octanol–water partition coefficient (Wildman–Crippen LogP) is 2.32. The van der Waals surface area contributed by atoms with Gasteiger partial charge in [-0.3, -0.25) is 9.48 Å². The molecule has 7 heteroatoms. The van der Waals surface area contributed by atoms with E-state index in [1.54, 1.807) is 28.4 Å². The molecule has 100 valence electrons. The van der Waals surface area contributed by atoms with Crippen molar-refractivity contribution in [3.63, 3.8) is 0 Å². The molecule has 0 radical (unpaired) electrons. The van der Waals surface area contributed by atoms with Crippen LogP contribution in [0.1, 0.15) is 11.8 Å². The van der Waals surface area contributed by atoms with Crippen LogP contribution < -0.4 is 5.32 Å². The maximum absolute atomic E-state index is 11.7. The number of thiophene rings is 1. The molecule has 2 aromatic heterocycles. The van der Waals surface area contributed by atoms with E-state index in [9.17, 15) is 4.79 Å². The Hall–Kier alpha value is -1.47. The topological polar surface area (TPSA) is 59.8 Å². The number of carbonyl (C=O) groups is 1. The minimum atomic E-state index is -0.114. The Balaban J connectivity index is 1.82. The molecular formula is C12H13BrN4OS. The molecule has 19 heavy (non-hydrogen) atoms. The van der Waals surface area contributed by atoms with E-state index in [2.05, 4.69) is 31.3 Å². The fourth-order valence-electron chi connectivity index (χ4n) is 1.52. The van der Waals surface area contributed by atoms with Gasteiger partial charge in [0.05, 0.1) is 6.54 Å². The Bertz CT molecular complexity index is 564. The monoisotopic (exact) mass is 340 g/mol. The molecule has 0 aliphatic carbocycles. The third-order valence-electron chi connectivity index (χ3n) is 2.30. The lowest BCUT2D eigenvalue weighted by atomic mass is 10.3. The van der Waals surface area contributed by atoms with Gasteiger partial charge in [-0.25, -0.2) is 4.98 Å². The van der Waals surface area contributed by atoms with Gasteiger partial charge in [-0.2, -0.15) is 5.10 Å². The van der Waals surface area contributed by atoms with Crippen LogP contribution in [0.5, 0.6) is 0 Å². The second-order valence-corrected chi connectivity index (χ2v) is 5.89. The zero-order chi connectivity index (χ0) is 13.7. The number of halogens is 1. The second-order valence-electron chi connectivity index (χ2n) is 4.03. The zero-order valence-corrected chi connectivity index (χ0v) is 12.7. The summed E-state index contributed by atoms with van der Waals surface area (Å²) in [7, 11) is 0. The molecule has 1 N–H and O–H groups in total. The fourth-order valence-corrected chi connectivity index (χ4v) is 2.85. The highest BCUT2D eigenvalue weighted by molar-refractivity contribution is 9.10. The highest BCUT2D eigenvalue weighted by atomic mass is 79.9. The Labute approximate surface area is 123 Å². The molecule has 0 aliphatic heterocycles. The van der Waals surface area contributed by atoms with Crippen LogP contribution in [0, 0.1) is 0 Å². The Morgan fingerprint density at radius 3 is 3.16 bits per heavy atom. The van der Waals surface area contributed by atoms with Gasteiger partial charge in [-0.15, -0.1) is 11.3 Å². The number of nitrogens with one attached hydrogen (secondary N) is 1. The number of rotatable bonds is 5. The minimum absolute atomic E-state index is 0.00563. The molecule has 2 aromatic rings. The Morgan fingerprint density at radius 1 is 1.68 bits per heavy atom. The molecule has 1 unspecified atom stereocenters. The molecular weight excluding hydrogens is 328 g/mol. The summed E-state index contributed by atoms with van der Waals surface area (Å²) in [6.45, 7) is 2.53. The van der Waals surface area contributed by atoms with Crippen molar-refractivity contribution in [3.05, 3.63) is 39.5 Å². The minimum Gasteiger partial charge on any atom is -0.348 e. The standard InChI is InChI=1S/C12H13BrN4OS/c1-9(5-17-8-14-7-15-17)16-12(18)3-2-11-4-10(13)6-19-11/h2-4,6-9H,5H2,1H3,(H,16,18). The first-order chi connectivity index (χ1) is 9.13. The maximum atomic E-state index is 11.7. The van der Waals surface area contributed by atoms with Gasteiger partial charge in [-0.05, 0) is 35.0 Å². The van der Waals surface area contributed by atoms with Crippen molar-refractivity contribution >= 4 is 39.2 Å². The van der Waals surface area contributed by atoms with Crippen molar-refractivity contribution in [3.8, 4) is 0 Å². The summed E-state index contributed by atoms with van der Waals surface area (Å²) in [5, 5.41) is 8.84. The molecule has 0 fully saturated rings. The van der Waals surface area contributed by atoms with Gasteiger partial charge in [-0.1, -0.05) is 0 Å². The van der Waals surface area contributed by atoms with E-state index in [0.717, 1.165) is 9.35 Å². The summed E-state index contributed by atoms with van der Waals surface area (Å²) in [6, 6.07) is 1.96. The van der Waals surface area contributed by atoms with Crippen LogP contribution in [-0.4, -0.2) is 26.7 Å². The van der Waals surface area contributed by atoms with Gasteiger partial charge in [0.2, 0.25) is 5.91 Å². The number of nitrogens with zero attached hydrogens (tertiary/aromatic N) is 3. The number of amides is 1. The molecule has 0 aliphatic rings. The van der Waals surface area contributed by atoms with Crippen LogP contribution in [0.25, 0.3) is 6.08 Å². The average molecular weight is 341 g/mol. The number of hydrogen-bond donors (Lipinski definition) is 1. The lowest BCUT2D eigenvalue weighted by Gasteiger charge is -2.11. The summed E-state index contributed by atoms with van der Waals surface area (Å²) in [4.78, 5) is 16.6. The third kappa shape index (κ3) is 4.60. The molecule has 0 saturated heterocycles. The normalized spacial score (nSPS) is 12.7. The van der Waals surface area contributed by atoms with Crippen LogP contribution in [0.3, 0.4) is 0 Å². The smallest absolute Gasteiger partial charge is 0.244 e. The van der Waals surface area contributed by atoms with E-state index in [0.29, 0.717) is 6.54 Å². The van der Waals surface area contributed by atoms with Crippen molar-refractivity contribution < 1.29 is 4.79 Å². The van der Waals surface area contributed by atoms with Crippen molar-refractivity contribution in [2.75, 3.05) is 0 Å². The molecule has 0 spiro atoms. The SMILES string of the molecule is CC(Cn1cncn1)NC(=O)C=Cc1cc(Br)cs1. The van der Waals surface area contributed by atoms with E-state index < -0.39 is 0 Å². The zero-order valence-electron chi connectivity index (χ0n) is 10.3.